The minimum atomic E-state index is -0.00455. The number of rotatable bonds is 5. The summed E-state index contributed by atoms with van der Waals surface area (Å²) in [5.74, 6) is 0. The smallest absolute Gasteiger partial charge is 0.306 e. The molecule has 1 aliphatic heterocycles. The summed E-state index contributed by atoms with van der Waals surface area (Å²) in [4.78, 5) is 28.6. The molecular weight excluding hydrogens is 530 g/mol. The number of likely N-dealkylation sites (tertiary alicyclic amines) is 1. The van der Waals surface area contributed by atoms with Gasteiger partial charge in [0.1, 0.15) is 0 Å². The molecule has 0 saturated carbocycles. The van der Waals surface area contributed by atoms with Gasteiger partial charge >= 0.3 is 5.69 Å². The van der Waals surface area contributed by atoms with Crippen molar-refractivity contribution in [2.45, 2.75) is 25.4 Å². The van der Waals surface area contributed by atoms with E-state index in [1.165, 1.54) is 5.56 Å². The third-order valence-electron chi connectivity index (χ3n) is 8.79. The lowest BCUT2D eigenvalue weighted by molar-refractivity contribution is 0.180. The van der Waals surface area contributed by atoms with Crippen molar-refractivity contribution >= 4 is 32.8 Å². The number of piperidine rings is 1. The van der Waals surface area contributed by atoms with E-state index in [-0.39, 0.29) is 11.7 Å². The molecule has 0 bridgehead atoms. The van der Waals surface area contributed by atoms with E-state index in [4.69, 9.17) is 9.97 Å². The number of hydrogen-bond donors (Lipinski definition) is 1. The first-order chi connectivity index (χ1) is 21.2. The molecular formula is C37H31N5O. The second kappa shape index (κ2) is 10.6. The number of H-pyrrole nitrogens is 1. The van der Waals surface area contributed by atoms with Crippen LogP contribution in [0.2, 0.25) is 0 Å². The molecule has 1 fully saturated rings. The molecule has 1 aliphatic rings. The van der Waals surface area contributed by atoms with Crippen molar-refractivity contribution in [2.75, 3.05) is 13.1 Å². The number of fused-ring (bicyclic) bond motifs is 4. The van der Waals surface area contributed by atoms with Crippen molar-refractivity contribution in [3.63, 3.8) is 0 Å². The number of nitrogens with one attached hydrogen (secondary N) is 1. The second-order valence-corrected chi connectivity index (χ2v) is 11.5. The summed E-state index contributed by atoms with van der Waals surface area (Å²) < 4.78 is 1.96. The number of nitrogens with zero attached hydrogens (tertiary/aromatic N) is 4. The first kappa shape index (κ1) is 25.6. The summed E-state index contributed by atoms with van der Waals surface area (Å²) in [6, 6.07) is 39.9. The van der Waals surface area contributed by atoms with Crippen molar-refractivity contribution in [3.8, 4) is 22.5 Å². The van der Waals surface area contributed by atoms with Crippen molar-refractivity contribution in [3.05, 3.63) is 131 Å². The highest BCUT2D eigenvalue weighted by Crippen LogP contribution is 2.34. The molecule has 1 N–H and O–H groups in total. The van der Waals surface area contributed by atoms with E-state index in [0.29, 0.717) is 0 Å². The van der Waals surface area contributed by atoms with Gasteiger partial charge in [-0.1, -0.05) is 97.1 Å². The van der Waals surface area contributed by atoms with Crippen LogP contribution >= 0.6 is 0 Å². The van der Waals surface area contributed by atoms with E-state index in [2.05, 4.69) is 94.8 Å². The van der Waals surface area contributed by atoms with E-state index in [1.807, 2.05) is 34.9 Å². The van der Waals surface area contributed by atoms with Crippen molar-refractivity contribution < 1.29 is 0 Å². The van der Waals surface area contributed by atoms with Crippen molar-refractivity contribution in [2.24, 2.45) is 0 Å². The standard InChI is InChI=1S/C37H31N5O/c43-37-39-31-12-6-7-13-33(31)42(37)29-20-22-41(23-21-29)24-25-14-16-28(17-15-25)34-35(27-9-2-1-3-10-27)40-36-30-11-5-4-8-26(30)18-19-32(36)38-34/h1-19,29H,20-24H2,(H,39,43). The van der Waals surface area contributed by atoms with Crippen LogP contribution in [0.15, 0.2) is 120 Å². The van der Waals surface area contributed by atoms with Gasteiger partial charge in [0.25, 0.3) is 0 Å². The van der Waals surface area contributed by atoms with Crippen LogP contribution in [0.1, 0.15) is 24.4 Å². The topological polar surface area (TPSA) is 66.8 Å². The molecule has 210 valence electrons. The van der Waals surface area contributed by atoms with Crippen LogP contribution in [0.4, 0.5) is 0 Å². The molecule has 5 aromatic carbocycles. The van der Waals surface area contributed by atoms with Gasteiger partial charge in [0, 0.05) is 42.2 Å². The number of aromatic nitrogens is 4. The summed E-state index contributed by atoms with van der Waals surface area (Å²) >= 11 is 0. The molecule has 6 heteroatoms. The van der Waals surface area contributed by atoms with E-state index in [1.54, 1.807) is 0 Å². The average molecular weight is 562 g/mol. The molecule has 7 aromatic rings. The van der Waals surface area contributed by atoms with Crippen LogP contribution in [0.25, 0.3) is 55.4 Å². The molecule has 0 amide bonds. The van der Waals surface area contributed by atoms with Crippen LogP contribution in [0.5, 0.6) is 0 Å². The Bertz CT molecular complexity index is 2140. The molecule has 43 heavy (non-hydrogen) atoms. The lowest BCUT2D eigenvalue weighted by Crippen LogP contribution is -2.36. The van der Waals surface area contributed by atoms with Gasteiger partial charge in [-0.15, -0.1) is 0 Å². The van der Waals surface area contributed by atoms with Crippen LogP contribution < -0.4 is 5.69 Å². The van der Waals surface area contributed by atoms with Gasteiger partial charge < -0.3 is 4.98 Å². The van der Waals surface area contributed by atoms with Gasteiger partial charge in [0.15, 0.2) is 0 Å². The number of imidazole rings is 1. The predicted octanol–water partition coefficient (Wildman–Crippen LogP) is 7.60. The Labute approximate surface area is 249 Å². The van der Waals surface area contributed by atoms with E-state index >= 15 is 0 Å². The number of benzene rings is 5. The lowest BCUT2D eigenvalue weighted by atomic mass is 10.0. The molecule has 0 radical (unpaired) electrons. The Morgan fingerprint density at radius 3 is 2.23 bits per heavy atom. The SMILES string of the molecule is O=c1[nH]c2ccccc2n1C1CCN(Cc2ccc(-c3nc4ccc5ccccc5c4nc3-c3ccccc3)cc2)CC1. The zero-order valence-corrected chi connectivity index (χ0v) is 23.8. The highest BCUT2D eigenvalue weighted by molar-refractivity contribution is 6.05. The van der Waals surface area contributed by atoms with Crippen LogP contribution in [0.3, 0.4) is 0 Å². The Morgan fingerprint density at radius 2 is 1.40 bits per heavy atom. The maximum atomic E-state index is 12.7. The molecule has 0 unspecified atom stereocenters. The Morgan fingerprint density at radius 1 is 0.698 bits per heavy atom. The molecule has 0 aliphatic carbocycles. The number of hydrogen-bond acceptors (Lipinski definition) is 4. The summed E-state index contributed by atoms with van der Waals surface area (Å²) in [6.45, 7) is 2.80. The van der Waals surface area contributed by atoms with Crippen molar-refractivity contribution in [1.29, 1.82) is 0 Å². The Balaban J connectivity index is 1.05. The summed E-state index contributed by atoms with van der Waals surface area (Å²) in [5, 5.41) is 2.28. The zero-order valence-electron chi connectivity index (χ0n) is 23.8. The predicted molar refractivity (Wildman–Crippen MR) is 174 cm³/mol. The van der Waals surface area contributed by atoms with Gasteiger partial charge in [0.05, 0.1) is 33.5 Å². The number of para-hydroxylation sites is 2. The molecule has 1 saturated heterocycles. The third-order valence-corrected chi connectivity index (χ3v) is 8.79. The minimum Gasteiger partial charge on any atom is -0.306 e. The van der Waals surface area contributed by atoms with Crippen LogP contribution in [-0.2, 0) is 6.54 Å². The van der Waals surface area contributed by atoms with Gasteiger partial charge in [-0.2, -0.15) is 0 Å². The maximum Gasteiger partial charge on any atom is 0.326 e. The fourth-order valence-electron chi connectivity index (χ4n) is 6.59. The van der Waals surface area contributed by atoms with Gasteiger partial charge in [0.2, 0.25) is 0 Å². The van der Waals surface area contributed by atoms with Crippen molar-refractivity contribution in [1.82, 2.24) is 24.4 Å². The third kappa shape index (κ3) is 4.70. The monoisotopic (exact) mass is 561 g/mol. The lowest BCUT2D eigenvalue weighted by Gasteiger charge is -2.32. The Hall–Kier alpha value is -5.07. The molecule has 0 atom stereocenters. The fourth-order valence-corrected chi connectivity index (χ4v) is 6.59. The molecule has 3 heterocycles. The normalized spacial score (nSPS) is 14.6. The highest BCUT2D eigenvalue weighted by Gasteiger charge is 2.24. The summed E-state index contributed by atoms with van der Waals surface area (Å²) in [5.41, 5.74) is 8.91. The van der Waals surface area contributed by atoms with E-state index in [9.17, 15) is 4.79 Å². The Kier molecular flexibility index (Phi) is 6.34. The molecule has 0 spiro atoms. The molecule has 8 rings (SSSR count). The first-order valence-electron chi connectivity index (χ1n) is 15.0. The van der Waals surface area contributed by atoms with E-state index in [0.717, 1.165) is 87.8 Å². The van der Waals surface area contributed by atoms with Gasteiger partial charge in [-0.3, -0.25) is 9.47 Å². The largest absolute Gasteiger partial charge is 0.326 e. The molecule has 2 aromatic heterocycles. The highest BCUT2D eigenvalue weighted by atomic mass is 16.1. The van der Waals surface area contributed by atoms with E-state index < -0.39 is 0 Å². The first-order valence-corrected chi connectivity index (χ1v) is 15.0. The van der Waals surface area contributed by atoms with Crippen LogP contribution in [0, 0.1) is 0 Å². The average Bonchev–Trinajstić information content (AvgIpc) is 3.41. The zero-order chi connectivity index (χ0) is 28.8. The maximum absolute atomic E-state index is 12.7. The fraction of sp³-hybridized carbons (Fsp3) is 0.162. The van der Waals surface area contributed by atoms with Gasteiger partial charge in [-0.25, -0.2) is 14.8 Å². The second-order valence-electron chi connectivity index (χ2n) is 11.5. The number of aromatic amines is 1. The van der Waals surface area contributed by atoms with Gasteiger partial charge in [-0.05, 0) is 42.0 Å². The molecule has 6 nitrogen and oxygen atoms in total. The summed E-state index contributed by atoms with van der Waals surface area (Å²) in [7, 11) is 0. The van der Waals surface area contributed by atoms with Crippen LogP contribution in [-0.4, -0.2) is 37.5 Å². The quantitative estimate of drug-likeness (QED) is 0.220. The minimum absolute atomic E-state index is 0.00455. The summed E-state index contributed by atoms with van der Waals surface area (Å²) in [6.07, 6.45) is 1.92.